The molecule has 19 heavy (non-hydrogen) atoms. The van der Waals surface area contributed by atoms with Crippen LogP contribution in [0.25, 0.3) is 11.0 Å². The Labute approximate surface area is 115 Å². The van der Waals surface area contributed by atoms with Gasteiger partial charge in [-0.15, -0.1) is 0 Å². The van der Waals surface area contributed by atoms with E-state index in [4.69, 9.17) is 0 Å². The van der Waals surface area contributed by atoms with E-state index in [9.17, 15) is 0 Å². The number of aromatic nitrogens is 2. The van der Waals surface area contributed by atoms with Crippen molar-refractivity contribution in [1.29, 1.82) is 0 Å². The topological polar surface area (TPSA) is 21.1 Å². The summed E-state index contributed by atoms with van der Waals surface area (Å²) in [4.78, 5) is 7.18. The number of benzene rings is 1. The summed E-state index contributed by atoms with van der Waals surface area (Å²) in [5, 5.41) is 0. The van der Waals surface area contributed by atoms with Gasteiger partial charge in [-0.05, 0) is 44.0 Å². The molecule has 0 fully saturated rings. The van der Waals surface area contributed by atoms with Crippen molar-refractivity contribution in [3.8, 4) is 0 Å². The molecule has 1 aromatic heterocycles. The Morgan fingerprint density at radius 3 is 2.79 bits per heavy atom. The molecule has 102 valence electrons. The molecule has 3 rings (SSSR count). The predicted molar refractivity (Wildman–Crippen MR) is 79.4 cm³/mol. The minimum atomic E-state index is 0.632. The van der Waals surface area contributed by atoms with Gasteiger partial charge < -0.3 is 4.57 Å². The van der Waals surface area contributed by atoms with E-state index in [1.807, 2.05) is 6.33 Å². The van der Waals surface area contributed by atoms with Gasteiger partial charge in [0.2, 0.25) is 0 Å². The van der Waals surface area contributed by atoms with Crippen molar-refractivity contribution in [3.05, 3.63) is 30.1 Å². The van der Waals surface area contributed by atoms with Crippen LogP contribution in [-0.4, -0.2) is 33.6 Å². The molecule has 0 saturated carbocycles. The van der Waals surface area contributed by atoms with Crippen molar-refractivity contribution in [2.24, 2.45) is 0 Å². The second-order valence-corrected chi connectivity index (χ2v) is 5.58. The molecule has 0 amide bonds. The highest BCUT2D eigenvalue weighted by Crippen LogP contribution is 2.26. The van der Waals surface area contributed by atoms with Crippen molar-refractivity contribution in [1.82, 2.24) is 14.5 Å². The summed E-state index contributed by atoms with van der Waals surface area (Å²) in [5.74, 6) is 0. The summed E-state index contributed by atoms with van der Waals surface area (Å²) in [6.45, 7) is 8.05. The molecule has 1 unspecified atom stereocenters. The van der Waals surface area contributed by atoms with E-state index in [2.05, 4.69) is 46.5 Å². The number of nitrogens with zero attached hydrogens (tertiary/aromatic N) is 3. The highest BCUT2D eigenvalue weighted by molar-refractivity contribution is 5.79. The largest absolute Gasteiger partial charge is 0.329 e. The minimum Gasteiger partial charge on any atom is -0.329 e. The van der Waals surface area contributed by atoms with Crippen LogP contribution in [0.4, 0.5) is 0 Å². The molecule has 2 aromatic rings. The monoisotopic (exact) mass is 257 g/mol. The molecule has 1 aliphatic rings. The highest BCUT2D eigenvalue weighted by atomic mass is 15.2. The number of para-hydroxylation sites is 1. The number of hydrogen-bond donors (Lipinski definition) is 0. The molecule has 0 spiro atoms. The van der Waals surface area contributed by atoms with Gasteiger partial charge in [-0.25, -0.2) is 4.98 Å². The van der Waals surface area contributed by atoms with Crippen molar-refractivity contribution >= 4 is 11.0 Å². The first-order valence-corrected chi connectivity index (χ1v) is 7.50. The van der Waals surface area contributed by atoms with Crippen LogP contribution in [-0.2, 0) is 13.0 Å². The van der Waals surface area contributed by atoms with Crippen LogP contribution in [0.1, 0.15) is 32.3 Å². The Balaban J connectivity index is 1.89. The zero-order valence-corrected chi connectivity index (χ0v) is 12.0. The molecule has 3 nitrogen and oxygen atoms in total. The number of imidazole rings is 1. The molecule has 3 heteroatoms. The fourth-order valence-electron chi connectivity index (χ4n) is 3.35. The van der Waals surface area contributed by atoms with E-state index in [0.717, 1.165) is 12.1 Å². The summed E-state index contributed by atoms with van der Waals surface area (Å²) in [7, 11) is 0. The van der Waals surface area contributed by atoms with Gasteiger partial charge in [-0.3, -0.25) is 4.90 Å². The molecule has 1 aliphatic heterocycles. The maximum atomic E-state index is 4.52. The lowest BCUT2D eigenvalue weighted by molar-refractivity contribution is 0.174. The van der Waals surface area contributed by atoms with Crippen molar-refractivity contribution in [2.75, 3.05) is 13.1 Å². The Morgan fingerprint density at radius 1 is 1.26 bits per heavy atom. The van der Waals surface area contributed by atoms with E-state index in [0.29, 0.717) is 6.04 Å². The van der Waals surface area contributed by atoms with Gasteiger partial charge >= 0.3 is 0 Å². The van der Waals surface area contributed by atoms with Crippen LogP contribution in [0.3, 0.4) is 0 Å². The first-order chi connectivity index (χ1) is 9.33. The van der Waals surface area contributed by atoms with E-state index in [1.165, 1.54) is 43.4 Å². The fourth-order valence-corrected chi connectivity index (χ4v) is 3.35. The zero-order valence-electron chi connectivity index (χ0n) is 12.0. The van der Waals surface area contributed by atoms with Crippen LogP contribution in [0.15, 0.2) is 24.5 Å². The van der Waals surface area contributed by atoms with Gasteiger partial charge in [0, 0.05) is 12.6 Å². The van der Waals surface area contributed by atoms with E-state index < -0.39 is 0 Å². The molecule has 0 N–H and O–H groups in total. The molecule has 2 heterocycles. The molecule has 0 aliphatic carbocycles. The van der Waals surface area contributed by atoms with Gasteiger partial charge in [0.15, 0.2) is 0 Å². The average molecular weight is 257 g/mol. The van der Waals surface area contributed by atoms with E-state index in [-0.39, 0.29) is 0 Å². The fraction of sp³-hybridized carbons (Fsp3) is 0.562. The van der Waals surface area contributed by atoms with Gasteiger partial charge in [-0.2, -0.15) is 0 Å². The first-order valence-electron chi connectivity index (χ1n) is 7.50. The summed E-state index contributed by atoms with van der Waals surface area (Å²) in [5.41, 5.74) is 3.96. The van der Waals surface area contributed by atoms with Gasteiger partial charge in [0.25, 0.3) is 0 Å². The lowest BCUT2D eigenvalue weighted by atomic mass is 9.99. The normalized spacial score (nSPS) is 18.4. The summed E-state index contributed by atoms with van der Waals surface area (Å²) < 4.78 is 2.34. The van der Waals surface area contributed by atoms with Crippen LogP contribution in [0, 0.1) is 0 Å². The molecule has 0 radical (unpaired) electrons. The van der Waals surface area contributed by atoms with Gasteiger partial charge in [0.05, 0.1) is 17.4 Å². The predicted octanol–water partition coefficient (Wildman–Crippen LogP) is 3.08. The molecular formula is C16H23N3. The zero-order chi connectivity index (χ0) is 13.2. The van der Waals surface area contributed by atoms with E-state index in [1.54, 1.807) is 0 Å². The van der Waals surface area contributed by atoms with Gasteiger partial charge in [-0.1, -0.05) is 26.0 Å². The maximum absolute atomic E-state index is 4.52. The van der Waals surface area contributed by atoms with Crippen LogP contribution in [0.2, 0.25) is 0 Å². The quantitative estimate of drug-likeness (QED) is 0.820. The summed E-state index contributed by atoms with van der Waals surface area (Å²) in [6, 6.07) is 7.16. The third-order valence-electron chi connectivity index (χ3n) is 4.12. The summed E-state index contributed by atoms with van der Waals surface area (Å²) in [6.07, 6.45) is 5.65. The van der Waals surface area contributed by atoms with Crippen molar-refractivity contribution in [3.63, 3.8) is 0 Å². The Hall–Kier alpha value is -1.35. The molecule has 0 bridgehead atoms. The molecule has 0 saturated heterocycles. The van der Waals surface area contributed by atoms with E-state index >= 15 is 0 Å². The molecule has 1 atom stereocenters. The highest BCUT2D eigenvalue weighted by Gasteiger charge is 2.25. The van der Waals surface area contributed by atoms with Crippen molar-refractivity contribution < 1.29 is 0 Å². The Bertz CT molecular complexity index is 552. The number of rotatable bonds is 5. The standard InChI is InChI=1S/C16H23N3/c1-3-8-18(9-4-2)14-10-13-6-5-7-15-16(13)19(11-14)12-17-15/h5-7,12,14H,3-4,8-11H2,1-2H3. The Morgan fingerprint density at radius 2 is 2.05 bits per heavy atom. The first kappa shape index (κ1) is 12.7. The third-order valence-corrected chi connectivity index (χ3v) is 4.12. The molecular weight excluding hydrogens is 234 g/mol. The van der Waals surface area contributed by atoms with Gasteiger partial charge in [0.1, 0.15) is 0 Å². The van der Waals surface area contributed by atoms with Crippen molar-refractivity contribution in [2.45, 2.75) is 45.7 Å². The third kappa shape index (κ3) is 2.27. The van der Waals surface area contributed by atoms with Crippen LogP contribution in [0.5, 0.6) is 0 Å². The molecule has 1 aromatic carbocycles. The summed E-state index contributed by atoms with van der Waals surface area (Å²) >= 11 is 0. The number of hydrogen-bond acceptors (Lipinski definition) is 2. The lowest BCUT2D eigenvalue weighted by Gasteiger charge is -2.34. The average Bonchev–Trinajstić information content (AvgIpc) is 2.84. The maximum Gasteiger partial charge on any atom is 0.0958 e. The SMILES string of the molecule is CCCN(CCC)C1Cc2cccc3ncn(c23)C1. The second kappa shape index (κ2) is 5.33. The van der Waals surface area contributed by atoms with Crippen LogP contribution < -0.4 is 0 Å². The minimum absolute atomic E-state index is 0.632. The second-order valence-electron chi connectivity index (χ2n) is 5.58. The Kier molecular flexibility index (Phi) is 3.56. The van der Waals surface area contributed by atoms with Crippen LogP contribution >= 0.6 is 0 Å². The lowest BCUT2D eigenvalue weighted by Crippen LogP contribution is -2.42. The smallest absolute Gasteiger partial charge is 0.0958 e.